The molecule has 106 valence electrons. The molecule has 0 aliphatic heterocycles. The molecule has 1 heterocycles. The molecule has 1 aromatic carbocycles. The Morgan fingerprint density at radius 2 is 2.20 bits per heavy atom. The van der Waals surface area contributed by atoms with Gasteiger partial charge in [0.25, 0.3) is 0 Å². The minimum atomic E-state index is -0.322. The summed E-state index contributed by atoms with van der Waals surface area (Å²) in [6.45, 7) is 2.21. The molecule has 5 nitrogen and oxygen atoms in total. The highest BCUT2D eigenvalue weighted by atomic mass is 32.1. The van der Waals surface area contributed by atoms with Crippen molar-refractivity contribution in [1.82, 2.24) is 4.98 Å². The van der Waals surface area contributed by atoms with Gasteiger partial charge in [-0.3, -0.25) is 10.1 Å². The van der Waals surface area contributed by atoms with Crippen LogP contribution in [0, 0.1) is 16.0 Å². The van der Waals surface area contributed by atoms with Gasteiger partial charge in [0.2, 0.25) is 0 Å². The lowest BCUT2D eigenvalue weighted by Gasteiger charge is -2.30. The second-order valence-electron chi connectivity index (χ2n) is 5.43. The highest BCUT2D eigenvalue weighted by molar-refractivity contribution is 7.16. The van der Waals surface area contributed by atoms with Crippen molar-refractivity contribution in [2.75, 3.05) is 5.32 Å². The smallest absolute Gasteiger partial charge is 0.319 e. The van der Waals surface area contributed by atoms with Crippen molar-refractivity contribution in [2.45, 2.75) is 38.6 Å². The van der Waals surface area contributed by atoms with Gasteiger partial charge in [-0.15, -0.1) is 11.3 Å². The molecule has 0 saturated heterocycles. The van der Waals surface area contributed by atoms with E-state index in [0.717, 1.165) is 11.1 Å². The van der Waals surface area contributed by atoms with Crippen LogP contribution in [0.25, 0.3) is 10.2 Å². The average molecular weight is 291 g/mol. The normalized spacial score (nSPS) is 22.9. The lowest BCUT2D eigenvalue weighted by molar-refractivity contribution is -0.382. The maximum atomic E-state index is 11.4. The van der Waals surface area contributed by atoms with Crippen molar-refractivity contribution in [3.8, 4) is 0 Å². The van der Waals surface area contributed by atoms with Crippen LogP contribution in [0.4, 0.5) is 11.4 Å². The molecule has 6 heteroatoms. The van der Waals surface area contributed by atoms with E-state index >= 15 is 0 Å². The van der Waals surface area contributed by atoms with Gasteiger partial charge in [0.15, 0.2) is 5.52 Å². The van der Waals surface area contributed by atoms with Crippen LogP contribution in [0.1, 0.15) is 32.6 Å². The molecule has 0 radical (unpaired) electrons. The maximum Gasteiger partial charge on any atom is 0.319 e. The summed E-state index contributed by atoms with van der Waals surface area (Å²) < 4.78 is 0.860. The lowest BCUT2D eigenvalue weighted by atomic mass is 9.86. The van der Waals surface area contributed by atoms with E-state index < -0.39 is 0 Å². The summed E-state index contributed by atoms with van der Waals surface area (Å²) in [5.74, 6) is 0.550. The number of thiazole rings is 1. The van der Waals surface area contributed by atoms with Gasteiger partial charge in [-0.2, -0.15) is 0 Å². The Morgan fingerprint density at radius 1 is 1.40 bits per heavy atom. The minimum absolute atomic E-state index is 0.113. The van der Waals surface area contributed by atoms with Crippen molar-refractivity contribution < 1.29 is 4.92 Å². The molecule has 2 atom stereocenters. The quantitative estimate of drug-likeness (QED) is 0.680. The van der Waals surface area contributed by atoms with Crippen LogP contribution in [0.15, 0.2) is 17.6 Å². The van der Waals surface area contributed by atoms with Crippen molar-refractivity contribution >= 4 is 32.9 Å². The van der Waals surface area contributed by atoms with E-state index in [2.05, 4.69) is 17.2 Å². The number of anilines is 1. The second-order valence-corrected chi connectivity index (χ2v) is 6.32. The maximum absolute atomic E-state index is 11.4. The molecule has 0 amide bonds. The van der Waals surface area contributed by atoms with E-state index in [1.165, 1.54) is 30.6 Å². The first-order valence-corrected chi connectivity index (χ1v) is 7.82. The molecular formula is C14H17N3O2S. The van der Waals surface area contributed by atoms with E-state index in [0.29, 0.717) is 23.2 Å². The number of nitro groups is 1. The third kappa shape index (κ3) is 2.35. The summed E-state index contributed by atoms with van der Waals surface area (Å²) in [6, 6.07) is 4.05. The third-order valence-corrected chi connectivity index (χ3v) is 4.90. The SMILES string of the molecule is CC1CCCCC1Nc1ccc2scnc2c1[N+](=O)[O-]. The van der Waals surface area contributed by atoms with Crippen LogP contribution in [0.3, 0.4) is 0 Å². The van der Waals surface area contributed by atoms with Crippen molar-refractivity contribution in [2.24, 2.45) is 5.92 Å². The van der Waals surface area contributed by atoms with Crippen molar-refractivity contribution in [3.05, 3.63) is 27.8 Å². The molecule has 0 spiro atoms. The number of benzene rings is 1. The summed E-state index contributed by atoms with van der Waals surface area (Å²) in [5.41, 5.74) is 2.87. The van der Waals surface area contributed by atoms with E-state index in [1.807, 2.05) is 12.1 Å². The molecule has 3 rings (SSSR count). The largest absolute Gasteiger partial charge is 0.376 e. The zero-order valence-electron chi connectivity index (χ0n) is 11.3. The first-order chi connectivity index (χ1) is 9.66. The first kappa shape index (κ1) is 13.3. The van der Waals surface area contributed by atoms with E-state index in [1.54, 1.807) is 5.51 Å². The fourth-order valence-corrected chi connectivity index (χ4v) is 3.63. The number of nitro benzene ring substituents is 1. The summed E-state index contributed by atoms with van der Waals surface area (Å²) >= 11 is 1.43. The first-order valence-electron chi connectivity index (χ1n) is 6.94. The lowest BCUT2D eigenvalue weighted by Crippen LogP contribution is -2.30. The van der Waals surface area contributed by atoms with Crippen LogP contribution >= 0.6 is 11.3 Å². The van der Waals surface area contributed by atoms with Gasteiger partial charge >= 0.3 is 5.69 Å². The molecule has 1 aliphatic carbocycles. The molecule has 2 unspecified atom stereocenters. The summed E-state index contributed by atoms with van der Waals surface area (Å²) in [5, 5.41) is 14.8. The summed E-state index contributed by atoms with van der Waals surface area (Å²) in [6.07, 6.45) is 4.71. The molecular weight excluding hydrogens is 274 g/mol. The van der Waals surface area contributed by atoms with Crippen LogP contribution in [-0.2, 0) is 0 Å². The van der Waals surface area contributed by atoms with Crippen molar-refractivity contribution in [3.63, 3.8) is 0 Å². The number of rotatable bonds is 3. The Morgan fingerprint density at radius 3 is 2.95 bits per heavy atom. The fraction of sp³-hybridized carbons (Fsp3) is 0.500. The monoisotopic (exact) mass is 291 g/mol. The van der Waals surface area contributed by atoms with Gasteiger partial charge in [0.05, 0.1) is 15.1 Å². The Balaban J connectivity index is 1.97. The fourth-order valence-electron chi connectivity index (χ4n) is 2.95. The Hall–Kier alpha value is -1.69. The zero-order chi connectivity index (χ0) is 14.1. The molecule has 1 N–H and O–H groups in total. The predicted molar refractivity (Wildman–Crippen MR) is 81.3 cm³/mol. The second kappa shape index (κ2) is 5.36. The topological polar surface area (TPSA) is 68.1 Å². The summed E-state index contributed by atoms with van der Waals surface area (Å²) in [4.78, 5) is 15.2. The van der Waals surface area contributed by atoms with Crippen LogP contribution in [0.2, 0.25) is 0 Å². The van der Waals surface area contributed by atoms with Gasteiger partial charge in [-0.1, -0.05) is 19.8 Å². The highest BCUT2D eigenvalue weighted by Gasteiger charge is 2.26. The number of aromatic nitrogens is 1. The zero-order valence-corrected chi connectivity index (χ0v) is 12.2. The van der Waals surface area contributed by atoms with Gasteiger partial charge in [0.1, 0.15) is 5.69 Å². The molecule has 20 heavy (non-hydrogen) atoms. The van der Waals surface area contributed by atoms with Crippen molar-refractivity contribution in [1.29, 1.82) is 0 Å². The number of fused-ring (bicyclic) bond motifs is 1. The number of nitrogens with one attached hydrogen (secondary N) is 1. The standard InChI is InChI=1S/C14H17N3O2S/c1-9-4-2-3-5-10(9)16-11-6-7-12-13(15-8-20-12)14(11)17(18)19/h6-10,16H,2-5H2,1H3. The van der Waals surface area contributed by atoms with Gasteiger partial charge in [0, 0.05) is 6.04 Å². The van der Waals surface area contributed by atoms with E-state index in [9.17, 15) is 10.1 Å². The Bertz CT molecular complexity index is 640. The Labute approximate surface area is 121 Å². The third-order valence-electron chi connectivity index (χ3n) is 4.11. The van der Waals surface area contributed by atoms with Crippen LogP contribution in [0.5, 0.6) is 0 Å². The molecule has 1 fully saturated rings. The average Bonchev–Trinajstić information content (AvgIpc) is 2.88. The van der Waals surface area contributed by atoms with Gasteiger partial charge in [-0.05, 0) is 30.9 Å². The molecule has 1 aliphatic rings. The van der Waals surface area contributed by atoms with Crippen LogP contribution in [-0.4, -0.2) is 15.9 Å². The number of hydrogen-bond donors (Lipinski definition) is 1. The van der Waals surface area contributed by atoms with Crippen LogP contribution < -0.4 is 5.32 Å². The minimum Gasteiger partial charge on any atom is -0.376 e. The number of nitrogens with zero attached hydrogens (tertiary/aromatic N) is 2. The van der Waals surface area contributed by atoms with E-state index in [-0.39, 0.29) is 10.6 Å². The van der Waals surface area contributed by atoms with Gasteiger partial charge in [-0.25, -0.2) is 4.98 Å². The molecule has 2 aromatic rings. The van der Waals surface area contributed by atoms with E-state index in [4.69, 9.17) is 0 Å². The van der Waals surface area contributed by atoms with Gasteiger partial charge < -0.3 is 5.32 Å². The molecule has 0 bridgehead atoms. The molecule has 1 aromatic heterocycles. The highest BCUT2D eigenvalue weighted by Crippen LogP contribution is 2.36. The Kier molecular flexibility index (Phi) is 3.56. The predicted octanol–water partition coefficient (Wildman–Crippen LogP) is 4.20. The molecule has 1 saturated carbocycles. The number of hydrogen-bond acceptors (Lipinski definition) is 5. The summed E-state index contributed by atoms with van der Waals surface area (Å²) in [7, 11) is 0.